The molecule has 0 aliphatic heterocycles. The molecule has 1 aromatic rings. The van der Waals surface area contributed by atoms with Crippen molar-refractivity contribution in [2.75, 3.05) is 0 Å². The highest BCUT2D eigenvalue weighted by Crippen LogP contribution is 2.55. The van der Waals surface area contributed by atoms with E-state index in [1.54, 1.807) is 0 Å². The molecule has 1 aromatic carbocycles. The maximum atomic E-state index is 12.4. The highest BCUT2D eigenvalue weighted by Gasteiger charge is 2.51. The maximum Gasteiger partial charge on any atom is 0.220 e. The van der Waals surface area contributed by atoms with E-state index in [1.165, 1.54) is 38.5 Å². The highest BCUT2D eigenvalue weighted by molar-refractivity contribution is 5.97. The zero-order chi connectivity index (χ0) is 15.9. The Morgan fingerprint density at radius 1 is 0.913 bits per heavy atom. The third-order valence-corrected chi connectivity index (χ3v) is 6.12. The summed E-state index contributed by atoms with van der Waals surface area (Å²) in [6.07, 6.45) is 8.24. The van der Waals surface area contributed by atoms with Crippen LogP contribution >= 0.6 is 0 Å². The first-order valence-electron chi connectivity index (χ1n) is 9.01. The minimum Gasteiger partial charge on any atom is -0.351 e. The van der Waals surface area contributed by atoms with Gasteiger partial charge in [-0.1, -0.05) is 30.3 Å². The van der Waals surface area contributed by atoms with Gasteiger partial charge in [0.25, 0.3) is 0 Å². The first-order valence-corrected chi connectivity index (χ1v) is 9.01. The molecule has 0 aromatic heterocycles. The number of rotatable bonds is 5. The van der Waals surface area contributed by atoms with Crippen LogP contribution in [0.5, 0.6) is 0 Å². The van der Waals surface area contributed by atoms with E-state index in [4.69, 9.17) is 0 Å². The topological polar surface area (TPSA) is 46.2 Å². The Balaban J connectivity index is 1.33. The molecule has 122 valence electrons. The number of carbonyl (C=O) groups is 2. The smallest absolute Gasteiger partial charge is 0.220 e. The average molecular weight is 311 g/mol. The summed E-state index contributed by atoms with van der Waals surface area (Å²) in [5.41, 5.74) is 0.761. The molecule has 5 rings (SSSR count). The molecule has 4 bridgehead atoms. The maximum absolute atomic E-state index is 12.4. The van der Waals surface area contributed by atoms with E-state index in [1.807, 2.05) is 30.3 Å². The van der Waals surface area contributed by atoms with E-state index >= 15 is 0 Å². The van der Waals surface area contributed by atoms with E-state index in [-0.39, 0.29) is 17.2 Å². The summed E-state index contributed by atoms with van der Waals surface area (Å²) in [7, 11) is 0. The molecule has 4 aliphatic carbocycles. The molecule has 4 saturated carbocycles. The van der Waals surface area contributed by atoms with Gasteiger partial charge in [-0.15, -0.1) is 0 Å². The number of hydrogen-bond donors (Lipinski definition) is 1. The summed E-state index contributed by atoms with van der Waals surface area (Å²) in [4.78, 5) is 24.5. The van der Waals surface area contributed by atoms with Gasteiger partial charge in [0, 0.05) is 23.9 Å². The number of nitrogens with one attached hydrogen (secondary N) is 1. The highest BCUT2D eigenvalue weighted by atomic mass is 16.2. The van der Waals surface area contributed by atoms with Crippen molar-refractivity contribution in [1.29, 1.82) is 0 Å². The van der Waals surface area contributed by atoms with Gasteiger partial charge >= 0.3 is 0 Å². The van der Waals surface area contributed by atoms with Crippen LogP contribution in [-0.4, -0.2) is 17.2 Å². The van der Waals surface area contributed by atoms with Crippen molar-refractivity contribution in [3.63, 3.8) is 0 Å². The van der Waals surface area contributed by atoms with E-state index in [0.29, 0.717) is 18.4 Å². The predicted molar refractivity (Wildman–Crippen MR) is 89.1 cm³/mol. The van der Waals surface area contributed by atoms with Crippen molar-refractivity contribution in [1.82, 2.24) is 5.32 Å². The molecule has 4 fully saturated rings. The lowest BCUT2D eigenvalue weighted by molar-refractivity contribution is -0.126. The lowest BCUT2D eigenvalue weighted by atomic mass is 9.53. The summed E-state index contributed by atoms with van der Waals surface area (Å²) < 4.78 is 0. The summed E-state index contributed by atoms with van der Waals surface area (Å²) in [6, 6.07) is 9.26. The van der Waals surface area contributed by atoms with E-state index in [9.17, 15) is 9.59 Å². The number of hydrogen-bond acceptors (Lipinski definition) is 2. The Kier molecular flexibility index (Phi) is 3.74. The van der Waals surface area contributed by atoms with Crippen molar-refractivity contribution in [3.05, 3.63) is 35.9 Å². The molecule has 4 aliphatic rings. The van der Waals surface area contributed by atoms with Crippen LogP contribution < -0.4 is 5.32 Å². The molecule has 3 nitrogen and oxygen atoms in total. The first kappa shape index (κ1) is 14.9. The molecule has 0 radical (unpaired) electrons. The normalized spacial score (nSPS) is 34.3. The summed E-state index contributed by atoms with van der Waals surface area (Å²) in [5, 5.41) is 3.34. The molecule has 0 heterocycles. The van der Waals surface area contributed by atoms with E-state index in [0.717, 1.165) is 17.8 Å². The molecule has 0 spiro atoms. The van der Waals surface area contributed by atoms with Crippen LogP contribution in [0, 0.1) is 17.8 Å². The zero-order valence-electron chi connectivity index (χ0n) is 13.6. The fraction of sp³-hybridized carbons (Fsp3) is 0.600. The predicted octanol–water partition coefficient (Wildman–Crippen LogP) is 3.73. The number of carbonyl (C=O) groups excluding carboxylic acids is 2. The third kappa shape index (κ3) is 3.06. The first-order chi connectivity index (χ1) is 11.1. The number of Topliss-reactive ketones (excluding diaryl/α,β-unsaturated/α-hetero) is 1. The second kappa shape index (κ2) is 5.77. The van der Waals surface area contributed by atoms with Crippen molar-refractivity contribution in [3.8, 4) is 0 Å². The van der Waals surface area contributed by atoms with Crippen LogP contribution in [0.4, 0.5) is 0 Å². The SMILES string of the molecule is O=C(CCC(=O)c1ccccc1)NC12CC3CC(CC(C3)C1)C2. The lowest BCUT2D eigenvalue weighted by Crippen LogP contribution is -2.59. The van der Waals surface area contributed by atoms with Crippen LogP contribution in [0.25, 0.3) is 0 Å². The van der Waals surface area contributed by atoms with Crippen LogP contribution in [-0.2, 0) is 4.79 Å². The van der Waals surface area contributed by atoms with E-state index < -0.39 is 0 Å². The molecule has 23 heavy (non-hydrogen) atoms. The molecule has 1 amide bonds. The van der Waals surface area contributed by atoms with Gasteiger partial charge in [0.05, 0.1) is 0 Å². The molecular weight excluding hydrogens is 286 g/mol. The Labute approximate surface area is 137 Å². The number of ketones is 1. The quantitative estimate of drug-likeness (QED) is 0.842. The van der Waals surface area contributed by atoms with Gasteiger partial charge in [-0.25, -0.2) is 0 Å². The summed E-state index contributed by atoms with van der Waals surface area (Å²) in [6.45, 7) is 0. The molecule has 1 N–H and O–H groups in total. The molecule has 0 unspecified atom stereocenters. The van der Waals surface area contributed by atoms with Crippen LogP contribution in [0.15, 0.2) is 30.3 Å². The van der Waals surface area contributed by atoms with Crippen molar-refractivity contribution < 1.29 is 9.59 Å². The fourth-order valence-electron chi connectivity index (χ4n) is 5.62. The standard InChI is InChI=1S/C20H25NO2/c22-18(17-4-2-1-3-5-17)6-7-19(23)21-20-11-14-8-15(12-20)10-16(9-14)13-20/h1-5,14-16H,6-13H2,(H,21,23). The lowest BCUT2D eigenvalue weighted by Gasteiger charge is -2.56. The van der Waals surface area contributed by atoms with Gasteiger partial charge < -0.3 is 5.32 Å². The second-order valence-electron chi connectivity index (χ2n) is 8.04. The van der Waals surface area contributed by atoms with Gasteiger partial charge in [0.2, 0.25) is 5.91 Å². The number of amides is 1. The molecular formula is C20H25NO2. The summed E-state index contributed by atoms with van der Waals surface area (Å²) in [5.74, 6) is 2.61. The van der Waals surface area contributed by atoms with Crippen molar-refractivity contribution in [2.24, 2.45) is 17.8 Å². The Bertz CT molecular complexity index is 572. The Morgan fingerprint density at radius 3 is 2.04 bits per heavy atom. The van der Waals surface area contributed by atoms with Gasteiger partial charge in [0.1, 0.15) is 0 Å². The third-order valence-electron chi connectivity index (χ3n) is 6.12. The van der Waals surface area contributed by atoms with Gasteiger partial charge in [-0.3, -0.25) is 9.59 Å². The van der Waals surface area contributed by atoms with Crippen molar-refractivity contribution in [2.45, 2.75) is 56.9 Å². The second-order valence-corrected chi connectivity index (χ2v) is 8.04. The fourth-order valence-corrected chi connectivity index (χ4v) is 5.62. The van der Waals surface area contributed by atoms with Gasteiger partial charge in [-0.2, -0.15) is 0 Å². The monoisotopic (exact) mass is 311 g/mol. The molecule has 0 atom stereocenters. The summed E-state index contributed by atoms with van der Waals surface area (Å²) >= 11 is 0. The minimum absolute atomic E-state index is 0.0572. The van der Waals surface area contributed by atoms with Gasteiger partial charge in [-0.05, 0) is 56.3 Å². The Morgan fingerprint density at radius 2 is 1.48 bits per heavy atom. The van der Waals surface area contributed by atoms with Crippen molar-refractivity contribution >= 4 is 11.7 Å². The average Bonchev–Trinajstić information content (AvgIpc) is 2.51. The van der Waals surface area contributed by atoms with E-state index in [2.05, 4.69) is 5.32 Å². The Hall–Kier alpha value is -1.64. The van der Waals surface area contributed by atoms with Gasteiger partial charge in [0.15, 0.2) is 5.78 Å². The molecule has 0 saturated heterocycles. The largest absolute Gasteiger partial charge is 0.351 e. The van der Waals surface area contributed by atoms with Crippen LogP contribution in [0.1, 0.15) is 61.7 Å². The van der Waals surface area contributed by atoms with Crippen LogP contribution in [0.3, 0.4) is 0 Å². The number of benzene rings is 1. The van der Waals surface area contributed by atoms with Crippen LogP contribution in [0.2, 0.25) is 0 Å². The minimum atomic E-state index is 0.0572. The molecule has 3 heteroatoms. The zero-order valence-corrected chi connectivity index (χ0v) is 13.6.